The molecule has 0 aliphatic heterocycles. The molecule has 1 aromatic carbocycles. The summed E-state index contributed by atoms with van der Waals surface area (Å²) in [7, 11) is -1.69. The van der Waals surface area contributed by atoms with Crippen LogP contribution in [-0.2, 0) is 0 Å². The Morgan fingerprint density at radius 1 is 0.312 bits per heavy atom. The third-order valence-electron chi connectivity index (χ3n) is 13.2. The molecule has 64 heavy (non-hydrogen) atoms. The molecule has 8 heteroatoms. The normalized spacial score (nSPS) is 11.3. The molecule has 0 saturated carbocycles. The number of carboxylic acids is 2. The molecule has 382 valence electrons. The van der Waals surface area contributed by atoms with Gasteiger partial charge in [-0.3, -0.25) is 0 Å². The summed E-state index contributed by atoms with van der Waals surface area (Å²) in [6, 6.07) is 5.14. The quantitative estimate of drug-likeness (QED) is 0.0613. The summed E-state index contributed by atoms with van der Waals surface area (Å²) in [4.78, 5) is 20.6. The first-order valence-corrected chi connectivity index (χ1v) is 35.0. The van der Waals surface area contributed by atoms with Crippen molar-refractivity contribution in [3.05, 3.63) is 35.4 Å². The van der Waals surface area contributed by atoms with Gasteiger partial charge in [0.15, 0.2) is 0 Å². The Labute approximate surface area is 403 Å². The molecule has 1 N–H and O–H groups in total. The van der Waals surface area contributed by atoms with Gasteiger partial charge in [-0.15, -0.1) is 0 Å². The SMILES string of the molecule is CCCC[P+](CCCC)(CCCC)CCCC.CCCC[P+](CCCC)(CCCC)CCCC.CCCC[P+](CCCC)(CCCC)CCCC.O=C([O-])c1ccccc1C(=O)[O-].[OH-]. The number of carbonyl (C=O) groups is 2. The molecule has 0 unspecified atom stereocenters. The zero-order valence-electron chi connectivity index (χ0n) is 45.2. The molecule has 0 aliphatic rings. The minimum Gasteiger partial charge on any atom is -0.870 e. The van der Waals surface area contributed by atoms with Gasteiger partial charge in [0.05, 0.1) is 85.9 Å². The van der Waals surface area contributed by atoms with E-state index in [1.54, 1.807) is 73.9 Å². The van der Waals surface area contributed by atoms with Crippen molar-refractivity contribution in [2.24, 2.45) is 0 Å². The lowest BCUT2D eigenvalue weighted by Gasteiger charge is -2.28. The maximum Gasteiger partial charge on any atom is 0.0721 e. The van der Waals surface area contributed by atoms with Gasteiger partial charge in [-0.05, 0) is 77.0 Å². The summed E-state index contributed by atoms with van der Waals surface area (Å²) in [5, 5.41) is 20.6. The highest BCUT2D eigenvalue weighted by Gasteiger charge is 2.36. The van der Waals surface area contributed by atoms with Gasteiger partial charge in [-0.1, -0.05) is 184 Å². The fourth-order valence-electron chi connectivity index (χ4n) is 8.77. The van der Waals surface area contributed by atoms with Crippen LogP contribution in [0.5, 0.6) is 0 Å². The summed E-state index contributed by atoms with van der Waals surface area (Å²) in [5.74, 6) is -3.04. The van der Waals surface area contributed by atoms with Gasteiger partial charge < -0.3 is 25.3 Å². The van der Waals surface area contributed by atoms with Crippen molar-refractivity contribution in [2.75, 3.05) is 73.9 Å². The van der Waals surface area contributed by atoms with Gasteiger partial charge in [0, 0.05) is 32.9 Å². The van der Waals surface area contributed by atoms with Crippen molar-refractivity contribution in [3.8, 4) is 0 Å². The van der Waals surface area contributed by atoms with Crippen LogP contribution < -0.4 is 10.2 Å². The highest BCUT2D eigenvalue weighted by Crippen LogP contribution is 2.63. The molecule has 0 aromatic heterocycles. The molecule has 1 aromatic rings. The number of hydrogen-bond donors (Lipinski definition) is 0. The molecule has 0 fully saturated rings. The molecule has 5 nitrogen and oxygen atoms in total. The Balaban J connectivity index is -0.000000376. The lowest BCUT2D eigenvalue weighted by Crippen LogP contribution is -2.29. The molecule has 0 aliphatic carbocycles. The van der Waals surface area contributed by atoms with Gasteiger partial charge in [-0.2, -0.15) is 0 Å². The highest BCUT2D eigenvalue weighted by molar-refractivity contribution is 7.76. The zero-order valence-corrected chi connectivity index (χ0v) is 47.9. The fourth-order valence-corrected chi connectivity index (χ4v) is 24.6. The molecular weight excluding hydrogens is 846 g/mol. The Morgan fingerprint density at radius 2 is 0.438 bits per heavy atom. The van der Waals surface area contributed by atoms with Gasteiger partial charge in [0.1, 0.15) is 0 Å². The molecule has 1 rings (SSSR count). The monoisotopic (exact) mass is 959 g/mol. The van der Waals surface area contributed by atoms with E-state index in [1.807, 2.05) is 0 Å². The number of hydrogen-bond acceptors (Lipinski definition) is 5. The minimum atomic E-state index is -1.52. The predicted octanol–water partition coefficient (Wildman–Crippen LogP) is 16.8. The standard InChI is InChI=1S/3C16H36P.C8H6O4.H2O/c3*1-5-9-13-17(14-10-6-2,15-11-7-3)16-12-8-4;9-7(10)5-3-1-2-4-6(5)8(11)12;/h3*5-16H2,1-4H3;1-4H,(H,9,10)(H,11,12);1H2/q3*+1;;/p-3. The smallest absolute Gasteiger partial charge is 0.0721 e. The van der Waals surface area contributed by atoms with Crippen LogP contribution in [0.2, 0.25) is 0 Å². The number of unbranched alkanes of at least 4 members (excludes halogenated alkanes) is 12. The van der Waals surface area contributed by atoms with Crippen LogP contribution in [0.1, 0.15) is 258 Å². The number of benzene rings is 1. The molecule has 0 spiro atoms. The van der Waals surface area contributed by atoms with Crippen LogP contribution in [0.25, 0.3) is 0 Å². The average molecular weight is 959 g/mol. The summed E-state index contributed by atoms with van der Waals surface area (Å²) in [6.45, 7) is 28.3. The van der Waals surface area contributed by atoms with Crippen molar-refractivity contribution in [1.82, 2.24) is 0 Å². The van der Waals surface area contributed by atoms with Gasteiger partial charge in [0.2, 0.25) is 0 Å². The Hall–Kier alpha value is -0.590. The van der Waals surface area contributed by atoms with E-state index in [0.717, 1.165) is 12.1 Å². The highest BCUT2D eigenvalue weighted by atomic mass is 31.2. The first kappa shape index (κ1) is 70.0. The average Bonchev–Trinajstić information content (AvgIpc) is 3.30. The first-order valence-electron chi connectivity index (χ1n) is 27.4. The number of carbonyl (C=O) groups excluding carboxylic acids is 2. The second-order valence-corrected chi connectivity index (χ2v) is 32.5. The number of aromatic carboxylic acids is 2. The van der Waals surface area contributed by atoms with Crippen molar-refractivity contribution in [1.29, 1.82) is 0 Å². The lowest BCUT2D eigenvalue weighted by molar-refractivity contribution is -0.259. The maximum absolute atomic E-state index is 10.3. The van der Waals surface area contributed by atoms with E-state index in [-0.39, 0.29) is 16.6 Å². The van der Waals surface area contributed by atoms with Crippen molar-refractivity contribution in [2.45, 2.75) is 237 Å². The third-order valence-corrected chi connectivity index (χ3v) is 28.4. The molecule has 0 radical (unpaired) electrons. The van der Waals surface area contributed by atoms with Crippen LogP contribution in [0.4, 0.5) is 0 Å². The third kappa shape index (κ3) is 36.5. The molecule has 0 saturated heterocycles. The second kappa shape index (κ2) is 48.9. The largest absolute Gasteiger partial charge is 0.870 e. The Morgan fingerprint density at radius 3 is 0.531 bits per heavy atom. The minimum absolute atomic E-state index is 0. The van der Waals surface area contributed by atoms with E-state index in [2.05, 4.69) is 83.1 Å². The van der Waals surface area contributed by atoms with Crippen molar-refractivity contribution in [3.63, 3.8) is 0 Å². The Bertz CT molecular complexity index is 914. The summed E-state index contributed by atoms with van der Waals surface area (Å²) >= 11 is 0. The number of carboxylic acid groups (broad SMARTS) is 2. The van der Waals surface area contributed by atoms with E-state index < -0.39 is 33.7 Å². The summed E-state index contributed by atoms with van der Waals surface area (Å²) in [5.41, 5.74) is -0.727. The van der Waals surface area contributed by atoms with Crippen molar-refractivity contribution >= 4 is 33.7 Å². The van der Waals surface area contributed by atoms with E-state index in [9.17, 15) is 19.8 Å². The van der Waals surface area contributed by atoms with E-state index in [4.69, 9.17) is 0 Å². The fraction of sp³-hybridized carbons (Fsp3) is 0.857. The topological polar surface area (TPSA) is 110 Å². The lowest BCUT2D eigenvalue weighted by atomic mass is 10.1. The number of rotatable bonds is 38. The summed E-state index contributed by atoms with van der Waals surface area (Å²) < 4.78 is 0. The van der Waals surface area contributed by atoms with Crippen molar-refractivity contribution < 1.29 is 25.3 Å². The molecule has 0 atom stereocenters. The maximum atomic E-state index is 10.3. The molecular formula is C56H113O5P3. The molecule has 0 heterocycles. The first-order chi connectivity index (χ1) is 30.4. The van der Waals surface area contributed by atoms with Crippen LogP contribution in [0.15, 0.2) is 24.3 Å². The van der Waals surface area contributed by atoms with Gasteiger partial charge in [0.25, 0.3) is 0 Å². The van der Waals surface area contributed by atoms with Crippen LogP contribution >= 0.6 is 21.8 Å². The second-order valence-electron chi connectivity index (χ2n) is 19.1. The predicted molar refractivity (Wildman–Crippen MR) is 295 cm³/mol. The Kier molecular flexibility index (Phi) is 53.4. The molecule has 0 bridgehead atoms. The van der Waals surface area contributed by atoms with E-state index in [0.29, 0.717) is 0 Å². The van der Waals surface area contributed by atoms with Crippen LogP contribution in [0.3, 0.4) is 0 Å². The zero-order chi connectivity index (χ0) is 48.1. The van der Waals surface area contributed by atoms with E-state index >= 15 is 0 Å². The molecule has 0 amide bonds. The summed E-state index contributed by atoms with van der Waals surface area (Å²) in [6.07, 6.45) is 53.8. The van der Waals surface area contributed by atoms with Crippen LogP contribution in [-0.4, -0.2) is 91.4 Å². The van der Waals surface area contributed by atoms with Gasteiger partial charge in [-0.25, -0.2) is 0 Å². The van der Waals surface area contributed by atoms with Gasteiger partial charge >= 0.3 is 0 Å². The van der Waals surface area contributed by atoms with E-state index in [1.165, 1.54) is 166 Å². The van der Waals surface area contributed by atoms with Crippen LogP contribution in [0, 0.1) is 0 Å².